The predicted octanol–water partition coefficient (Wildman–Crippen LogP) is 7.61. The molecule has 4 aromatic carbocycles. The quantitative estimate of drug-likeness (QED) is 0.0606. The number of benzene rings is 4. The summed E-state index contributed by atoms with van der Waals surface area (Å²) in [5, 5.41) is 18.7. The highest BCUT2D eigenvalue weighted by Crippen LogP contribution is 2.33. The Bertz CT molecular complexity index is 2230. The number of aryl methyl sites for hydroxylation is 2. The number of methoxy groups -OCH3 is 2. The van der Waals surface area contributed by atoms with Gasteiger partial charge >= 0.3 is 24.1 Å². The van der Waals surface area contributed by atoms with Gasteiger partial charge in [0.05, 0.1) is 62.8 Å². The van der Waals surface area contributed by atoms with Gasteiger partial charge in [0.25, 0.3) is 0 Å². The lowest BCUT2D eigenvalue weighted by molar-refractivity contribution is 0.0590. The van der Waals surface area contributed by atoms with E-state index in [2.05, 4.69) is 0 Å². The van der Waals surface area contributed by atoms with E-state index in [0.29, 0.717) is 88.1 Å². The molecule has 0 aromatic heterocycles. The van der Waals surface area contributed by atoms with Crippen LogP contribution in [0.25, 0.3) is 0 Å². The first-order valence-electron chi connectivity index (χ1n) is 19.2. The Morgan fingerprint density at radius 3 is 1.37 bits per heavy atom. The summed E-state index contributed by atoms with van der Waals surface area (Å²) in [7, 11) is 2.49. The highest BCUT2D eigenvalue weighted by atomic mass is 19.1. The number of hydrogen-bond donors (Lipinski definition) is 0. The topological polar surface area (TPSA) is 196 Å². The number of hydrogen-bond acceptors (Lipinski definition) is 14. The minimum Gasteiger partial charge on any atom is -0.493 e. The van der Waals surface area contributed by atoms with Crippen molar-refractivity contribution in [3.05, 3.63) is 106 Å². The third kappa shape index (κ3) is 11.8. The molecule has 16 nitrogen and oxygen atoms in total. The number of nitriles is 2. The number of halogens is 2. The van der Waals surface area contributed by atoms with E-state index in [1.165, 1.54) is 74.9 Å². The summed E-state index contributed by atoms with van der Waals surface area (Å²) >= 11 is 0. The van der Waals surface area contributed by atoms with E-state index in [1.807, 2.05) is 12.1 Å². The zero-order valence-electron chi connectivity index (χ0n) is 34.3. The molecule has 0 spiro atoms. The molecule has 2 aliphatic rings. The molecule has 2 heterocycles. The fourth-order valence-corrected chi connectivity index (χ4v) is 6.07. The minimum atomic E-state index is -0.690. The SMILES string of the molecule is COC(=O)c1cc(Oc2ccc(OCCCN3CCOC3=O)cc2F)c(C#N)cc1C.COC(=O)c1cc(Oc2ccc(OCCCN3CCOC3=O)cc2F)c(C#N)cc1C. The Hall–Kier alpha value is -7.60. The summed E-state index contributed by atoms with van der Waals surface area (Å²) in [5.74, 6) is -2.11. The molecular weight excluding hydrogens is 814 g/mol. The van der Waals surface area contributed by atoms with Gasteiger partial charge in [0, 0.05) is 25.2 Å². The van der Waals surface area contributed by atoms with Crippen molar-refractivity contribution in [1.29, 1.82) is 10.5 Å². The Labute approximate surface area is 355 Å². The van der Waals surface area contributed by atoms with Crippen molar-refractivity contribution < 1.29 is 65.9 Å². The van der Waals surface area contributed by atoms with Crippen molar-refractivity contribution in [2.24, 2.45) is 0 Å². The maximum atomic E-state index is 14.5. The Morgan fingerprint density at radius 1 is 0.645 bits per heavy atom. The molecule has 0 bridgehead atoms. The van der Waals surface area contributed by atoms with E-state index in [4.69, 9.17) is 37.9 Å². The van der Waals surface area contributed by atoms with Gasteiger partial charge in [0.2, 0.25) is 0 Å². The number of rotatable bonds is 16. The Balaban J connectivity index is 0.000000234. The Morgan fingerprint density at radius 2 is 1.05 bits per heavy atom. The summed E-state index contributed by atoms with van der Waals surface area (Å²) in [6.07, 6.45) is 0.465. The normalized spacial score (nSPS) is 12.8. The zero-order chi connectivity index (χ0) is 44.8. The highest BCUT2D eigenvalue weighted by molar-refractivity contribution is 5.92. The molecule has 4 aromatic rings. The van der Waals surface area contributed by atoms with Crippen molar-refractivity contribution in [1.82, 2.24) is 9.80 Å². The minimum absolute atomic E-state index is 0.0403. The number of nitrogens with zero attached hydrogens (tertiary/aromatic N) is 4. The summed E-state index contributed by atoms with van der Waals surface area (Å²) in [4.78, 5) is 49.7. The lowest BCUT2D eigenvalue weighted by Gasteiger charge is -2.14. The molecule has 0 saturated carbocycles. The van der Waals surface area contributed by atoms with E-state index in [-0.39, 0.29) is 57.4 Å². The monoisotopic (exact) mass is 856 g/mol. The van der Waals surface area contributed by atoms with Gasteiger partial charge in [-0.25, -0.2) is 28.0 Å². The van der Waals surface area contributed by atoms with E-state index in [1.54, 1.807) is 23.6 Å². The molecule has 324 valence electrons. The van der Waals surface area contributed by atoms with Crippen LogP contribution in [0.2, 0.25) is 0 Å². The molecule has 0 N–H and O–H groups in total. The molecule has 2 aliphatic heterocycles. The maximum Gasteiger partial charge on any atom is 0.409 e. The smallest absolute Gasteiger partial charge is 0.409 e. The molecule has 2 amide bonds. The first kappa shape index (κ1) is 45.5. The number of ether oxygens (including phenoxy) is 8. The van der Waals surface area contributed by atoms with Crippen molar-refractivity contribution in [3.8, 4) is 46.6 Å². The number of cyclic esters (lactones) is 2. The lowest BCUT2D eigenvalue weighted by Crippen LogP contribution is -2.26. The first-order chi connectivity index (χ1) is 29.8. The van der Waals surface area contributed by atoms with Crippen LogP contribution >= 0.6 is 0 Å². The summed E-state index contributed by atoms with van der Waals surface area (Å²) in [6, 6.07) is 17.8. The Kier molecular flexibility index (Phi) is 15.8. The second-order valence-corrected chi connectivity index (χ2v) is 13.5. The highest BCUT2D eigenvalue weighted by Gasteiger charge is 2.23. The molecule has 0 unspecified atom stereocenters. The fourth-order valence-electron chi connectivity index (χ4n) is 6.07. The third-order valence-electron chi connectivity index (χ3n) is 9.32. The number of carbonyl (C=O) groups is 4. The van der Waals surface area contributed by atoms with Gasteiger partial charge in [-0.15, -0.1) is 0 Å². The molecule has 2 fully saturated rings. The predicted molar refractivity (Wildman–Crippen MR) is 213 cm³/mol. The maximum absolute atomic E-state index is 14.5. The van der Waals surface area contributed by atoms with Crippen LogP contribution in [-0.2, 0) is 18.9 Å². The van der Waals surface area contributed by atoms with Crippen molar-refractivity contribution in [2.75, 3.05) is 66.8 Å². The van der Waals surface area contributed by atoms with Crippen LogP contribution in [0, 0.1) is 48.1 Å². The summed E-state index contributed by atoms with van der Waals surface area (Å²) in [5.41, 5.74) is 1.84. The third-order valence-corrected chi connectivity index (χ3v) is 9.32. The van der Waals surface area contributed by atoms with E-state index >= 15 is 0 Å². The van der Waals surface area contributed by atoms with Crippen molar-refractivity contribution in [2.45, 2.75) is 26.7 Å². The fraction of sp³-hybridized carbons (Fsp3) is 0.318. The molecule has 2 saturated heterocycles. The van der Waals surface area contributed by atoms with Gasteiger partial charge in [-0.1, -0.05) is 0 Å². The van der Waals surface area contributed by atoms with Gasteiger partial charge < -0.3 is 47.7 Å². The summed E-state index contributed by atoms with van der Waals surface area (Å²) in [6.45, 7) is 6.80. The van der Waals surface area contributed by atoms with Crippen molar-refractivity contribution >= 4 is 24.1 Å². The van der Waals surface area contributed by atoms with Gasteiger partial charge in [-0.2, -0.15) is 10.5 Å². The van der Waals surface area contributed by atoms with Crippen LogP contribution in [0.4, 0.5) is 18.4 Å². The second kappa shape index (κ2) is 21.6. The molecule has 6 rings (SSSR count). The van der Waals surface area contributed by atoms with Crippen LogP contribution in [0.3, 0.4) is 0 Å². The molecule has 0 atom stereocenters. The molecule has 0 aliphatic carbocycles. The van der Waals surface area contributed by atoms with Crippen LogP contribution in [0.1, 0.15) is 55.8 Å². The van der Waals surface area contributed by atoms with Gasteiger partial charge in [0.15, 0.2) is 23.1 Å². The van der Waals surface area contributed by atoms with Crippen LogP contribution in [0.5, 0.6) is 34.5 Å². The van der Waals surface area contributed by atoms with Crippen LogP contribution < -0.4 is 18.9 Å². The van der Waals surface area contributed by atoms with Crippen LogP contribution in [0.15, 0.2) is 60.7 Å². The average molecular weight is 857 g/mol. The van der Waals surface area contributed by atoms with Gasteiger partial charge in [-0.3, -0.25) is 0 Å². The number of esters is 2. The summed E-state index contributed by atoms with van der Waals surface area (Å²) < 4.78 is 70.4. The van der Waals surface area contributed by atoms with Crippen LogP contribution in [-0.4, -0.2) is 101 Å². The van der Waals surface area contributed by atoms with Crippen molar-refractivity contribution in [3.63, 3.8) is 0 Å². The standard InChI is InChI=1S/2C22H21FN2O6/c2*1-14-10-15(13-24)20(12-17(14)21(26)28-2)31-19-5-4-16(11-18(19)23)29-8-3-6-25-7-9-30-22(25)27/h2*4-5,10-12H,3,6-9H2,1-2H3. The largest absolute Gasteiger partial charge is 0.493 e. The van der Waals surface area contributed by atoms with E-state index in [9.17, 15) is 38.5 Å². The van der Waals surface area contributed by atoms with Gasteiger partial charge in [0.1, 0.15) is 48.4 Å². The molecular formula is C44H42F2N4O12. The van der Waals surface area contributed by atoms with Gasteiger partial charge in [-0.05, 0) is 86.3 Å². The second-order valence-electron chi connectivity index (χ2n) is 13.5. The number of carbonyl (C=O) groups excluding carboxylic acids is 4. The zero-order valence-corrected chi connectivity index (χ0v) is 34.3. The van der Waals surface area contributed by atoms with E-state index < -0.39 is 23.6 Å². The molecule has 0 radical (unpaired) electrons. The molecule has 62 heavy (non-hydrogen) atoms. The average Bonchev–Trinajstić information content (AvgIpc) is 3.89. The molecule has 18 heteroatoms. The van der Waals surface area contributed by atoms with E-state index in [0.717, 1.165) is 0 Å². The first-order valence-corrected chi connectivity index (χ1v) is 19.2. The number of amides is 2. The lowest BCUT2D eigenvalue weighted by atomic mass is 10.0.